The van der Waals surface area contributed by atoms with Gasteiger partial charge in [0.1, 0.15) is 9.92 Å². The van der Waals surface area contributed by atoms with Crippen LogP contribution in [0.2, 0.25) is 0 Å². The van der Waals surface area contributed by atoms with E-state index in [4.69, 9.17) is 5.14 Å². The molecule has 5 rings (SSSR count). The Kier molecular flexibility index (Phi) is 7.04. The van der Waals surface area contributed by atoms with E-state index in [1.165, 1.54) is 60.8 Å². The van der Waals surface area contributed by atoms with E-state index >= 15 is 0 Å². The van der Waals surface area contributed by atoms with E-state index in [1.54, 1.807) is 12.1 Å². The number of nitrogens with two attached hydrogens (primary N) is 1. The summed E-state index contributed by atoms with van der Waals surface area (Å²) in [4.78, 5) is 13.2. The average molecular weight is 481 g/mol. The molecule has 0 spiro atoms. The largest absolute Gasteiger partial charge is 0.354 e. The lowest BCUT2D eigenvalue weighted by molar-refractivity contribution is 0.260. The number of nitrogens with one attached hydrogen (secondary N) is 2. The van der Waals surface area contributed by atoms with Gasteiger partial charge < -0.3 is 10.6 Å². The third-order valence-electron chi connectivity index (χ3n) is 7.63. The highest BCUT2D eigenvalue weighted by molar-refractivity contribution is 7.91. The van der Waals surface area contributed by atoms with Crippen LogP contribution >= 0.6 is 0 Å². The van der Waals surface area contributed by atoms with Crippen LogP contribution in [-0.4, -0.2) is 16.3 Å². The van der Waals surface area contributed by atoms with E-state index in [1.807, 2.05) is 12.1 Å². The maximum Gasteiger partial charge on any atom is 0.354 e. The van der Waals surface area contributed by atoms with Crippen LogP contribution in [-0.2, 0) is 42.1 Å². The first kappa shape index (κ1) is 23.5. The predicted molar refractivity (Wildman–Crippen MR) is 137 cm³/mol. The Labute approximate surface area is 203 Å². The minimum atomic E-state index is -3.32. The lowest BCUT2D eigenvalue weighted by Gasteiger charge is -2.16. The van der Waals surface area contributed by atoms with Crippen LogP contribution in [0.5, 0.6) is 0 Å². The number of hydrogen-bond acceptors (Lipinski definition) is 3. The maximum atomic E-state index is 13.1. The highest BCUT2D eigenvalue weighted by atomic mass is 32.2. The monoisotopic (exact) mass is 480 g/mol. The molecule has 1 atom stereocenters. The zero-order valence-corrected chi connectivity index (χ0v) is 20.7. The number of carbonyl (C=O) groups is 1. The molecule has 34 heavy (non-hydrogen) atoms. The zero-order chi connectivity index (χ0) is 23.5. The Morgan fingerprint density at radius 2 is 1.53 bits per heavy atom. The van der Waals surface area contributed by atoms with E-state index in [0.717, 1.165) is 56.3 Å². The molecule has 4 N–H and O–H groups in total. The minimum absolute atomic E-state index is 0.379. The Morgan fingerprint density at radius 1 is 0.912 bits per heavy atom. The standard InChI is InChI=1S/C27H36N4O2S/c28-34(33,23-15-13-19(14-16-23)18-29-22-9-3-1-2-4-10-22)31-27(32)30-26-24-11-5-7-20(24)17-21-8-6-12-25(21)26/h13-17,22,29H,1-12,18H2,(H3,28,30,31,32,33). The van der Waals surface area contributed by atoms with Crippen molar-refractivity contribution in [3.05, 3.63) is 58.1 Å². The van der Waals surface area contributed by atoms with Crippen LogP contribution in [0.3, 0.4) is 0 Å². The Hall–Kier alpha value is -2.22. The van der Waals surface area contributed by atoms with Gasteiger partial charge in [-0.1, -0.05) is 43.9 Å². The lowest BCUT2D eigenvalue weighted by Crippen LogP contribution is -2.27. The molecule has 3 aliphatic rings. The second-order valence-electron chi connectivity index (χ2n) is 10.0. The first-order valence-electron chi connectivity index (χ1n) is 12.8. The van der Waals surface area contributed by atoms with Crippen molar-refractivity contribution in [3.8, 4) is 0 Å². The summed E-state index contributed by atoms with van der Waals surface area (Å²) in [5, 5.41) is 12.7. The normalized spacial score (nSPS) is 19.7. The van der Waals surface area contributed by atoms with Gasteiger partial charge in [0.2, 0.25) is 0 Å². The number of urea groups is 1. The molecule has 0 aromatic heterocycles. The highest BCUT2D eigenvalue weighted by Gasteiger charge is 2.25. The van der Waals surface area contributed by atoms with Gasteiger partial charge >= 0.3 is 6.03 Å². The summed E-state index contributed by atoms with van der Waals surface area (Å²) in [5.41, 5.74) is 7.11. The molecular weight excluding hydrogens is 444 g/mol. The fourth-order valence-electron chi connectivity index (χ4n) is 5.82. The van der Waals surface area contributed by atoms with Gasteiger partial charge in [-0.05, 0) is 91.3 Å². The molecular formula is C27H36N4O2S. The van der Waals surface area contributed by atoms with Crippen LogP contribution in [0.4, 0.5) is 10.5 Å². The van der Waals surface area contributed by atoms with Crippen molar-refractivity contribution in [2.45, 2.75) is 94.5 Å². The molecule has 2 amide bonds. The molecule has 1 saturated carbocycles. The zero-order valence-electron chi connectivity index (χ0n) is 19.9. The van der Waals surface area contributed by atoms with Crippen molar-refractivity contribution in [1.29, 1.82) is 0 Å². The second-order valence-corrected chi connectivity index (χ2v) is 11.8. The van der Waals surface area contributed by atoms with Crippen LogP contribution in [0.25, 0.3) is 0 Å². The van der Waals surface area contributed by atoms with Gasteiger partial charge in [-0.3, -0.25) is 0 Å². The van der Waals surface area contributed by atoms with Crippen LogP contribution in [0.1, 0.15) is 79.2 Å². The third-order valence-corrected chi connectivity index (χ3v) is 9.02. The summed E-state index contributed by atoms with van der Waals surface area (Å²) in [6.07, 6.45) is 14.0. The first-order chi connectivity index (χ1) is 16.5. The topological polar surface area (TPSA) is 96.6 Å². The van der Waals surface area contributed by atoms with Crippen molar-refractivity contribution in [2.75, 3.05) is 5.32 Å². The second kappa shape index (κ2) is 10.2. The molecule has 1 unspecified atom stereocenters. The van der Waals surface area contributed by atoms with Gasteiger partial charge in [-0.15, -0.1) is 4.36 Å². The SMILES string of the molecule is NS(=O)(=NC(=O)Nc1c2c(cc3c1CCC3)CCC2)c1ccc(CNC2CCCCCC2)cc1. The van der Waals surface area contributed by atoms with Crippen molar-refractivity contribution in [2.24, 2.45) is 9.50 Å². The van der Waals surface area contributed by atoms with Crippen LogP contribution in [0.15, 0.2) is 39.6 Å². The molecule has 182 valence electrons. The quantitative estimate of drug-likeness (QED) is 0.499. The summed E-state index contributed by atoms with van der Waals surface area (Å²) in [7, 11) is -3.32. The number of rotatable bonds is 5. The molecule has 0 bridgehead atoms. The van der Waals surface area contributed by atoms with Gasteiger partial charge in [0, 0.05) is 18.3 Å². The molecule has 0 heterocycles. The molecule has 7 heteroatoms. The number of amides is 2. The minimum Gasteiger partial charge on any atom is -0.310 e. The summed E-state index contributed by atoms with van der Waals surface area (Å²) >= 11 is 0. The number of fused-ring (bicyclic) bond motifs is 2. The van der Waals surface area contributed by atoms with Crippen molar-refractivity contribution in [3.63, 3.8) is 0 Å². The molecule has 0 radical (unpaired) electrons. The van der Waals surface area contributed by atoms with Crippen LogP contribution in [0, 0.1) is 0 Å². The molecule has 2 aromatic rings. The summed E-state index contributed by atoms with van der Waals surface area (Å²) in [6, 6.07) is 9.59. The van der Waals surface area contributed by atoms with Gasteiger partial charge in [0.25, 0.3) is 0 Å². The van der Waals surface area contributed by atoms with E-state index in [0.29, 0.717) is 10.9 Å². The summed E-state index contributed by atoms with van der Waals surface area (Å²) < 4.78 is 17.1. The lowest BCUT2D eigenvalue weighted by atomic mass is 9.99. The molecule has 0 aliphatic heterocycles. The maximum absolute atomic E-state index is 13.1. The average Bonchev–Trinajstić information content (AvgIpc) is 3.41. The first-order valence-corrected chi connectivity index (χ1v) is 14.4. The fraction of sp³-hybridized carbons (Fsp3) is 0.519. The van der Waals surface area contributed by atoms with Crippen molar-refractivity contribution in [1.82, 2.24) is 5.32 Å². The molecule has 3 aliphatic carbocycles. The van der Waals surface area contributed by atoms with E-state index in [-0.39, 0.29) is 0 Å². The smallest absolute Gasteiger partial charge is 0.310 e. The summed E-state index contributed by atoms with van der Waals surface area (Å²) in [5.74, 6) is 0. The Morgan fingerprint density at radius 3 is 2.15 bits per heavy atom. The van der Waals surface area contributed by atoms with Gasteiger partial charge in [-0.2, -0.15) is 0 Å². The van der Waals surface area contributed by atoms with Gasteiger partial charge in [0.15, 0.2) is 0 Å². The number of benzene rings is 2. The molecule has 1 fully saturated rings. The molecule has 2 aromatic carbocycles. The van der Waals surface area contributed by atoms with E-state index in [9.17, 15) is 9.00 Å². The number of hydrogen-bond donors (Lipinski definition) is 3. The fourth-order valence-corrected chi connectivity index (χ4v) is 6.74. The predicted octanol–water partition coefficient (Wildman–Crippen LogP) is 5.41. The third kappa shape index (κ3) is 5.21. The molecule has 0 saturated heterocycles. The van der Waals surface area contributed by atoms with Crippen molar-refractivity contribution < 1.29 is 9.00 Å². The molecule has 6 nitrogen and oxygen atoms in total. The number of anilines is 1. The Balaban J connectivity index is 1.27. The van der Waals surface area contributed by atoms with Crippen molar-refractivity contribution >= 4 is 21.6 Å². The summed E-state index contributed by atoms with van der Waals surface area (Å²) in [6.45, 7) is 0.776. The number of nitrogens with zero attached hydrogens (tertiary/aromatic N) is 1. The number of aryl methyl sites for hydroxylation is 2. The highest BCUT2D eigenvalue weighted by Crippen LogP contribution is 2.38. The number of carbonyl (C=O) groups excluding carboxylic acids is 1. The Bertz CT molecular complexity index is 1140. The van der Waals surface area contributed by atoms with E-state index < -0.39 is 15.9 Å². The van der Waals surface area contributed by atoms with Gasteiger partial charge in [0.05, 0.1) is 4.90 Å². The van der Waals surface area contributed by atoms with Gasteiger partial charge in [-0.25, -0.2) is 14.1 Å². The van der Waals surface area contributed by atoms with E-state index in [2.05, 4.69) is 21.1 Å². The van der Waals surface area contributed by atoms with Crippen LogP contribution < -0.4 is 15.8 Å².